The van der Waals surface area contributed by atoms with Crippen molar-refractivity contribution >= 4 is 0 Å². The zero-order chi connectivity index (χ0) is 13.7. The number of nitrogens with zero attached hydrogens (tertiary/aromatic N) is 2. The second-order valence-electron chi connectivity index (χ2n) is 4.75. The average Bonchev–Trinajstić information content (AvgIpc) is 2.47. The Morgan fingerprint density at radius 2 is 2.47 bits per heavy atom. The maximum Gasteiger partial charge on any atom is 0.143 e. The maximum absolute atomic E-state index is 10.4. The summed E-state index contributed by atoms with van der Waals surface area (Å²) in [5.74, 6) is 0.603. The van der Waals surface area contributed by atoms with Crippen molar-refractivity contribution in [1.29, 1.82) is 0 Å². The summed E-state index contributed by atoms with van der Waals surface area (Å²) in [6.45, 7) is 5.50. The quantitative estimate of drug-likeness (QED) is 0.869. The van der Waals surface area contributed by atoms with Crippen molar-refractivity contribution in [3.63, 3.8) is 0 Å². The molecule has 106 valence electrons. The summed E-state index contributed by atoms with van der Waals surface area (Å²) in [4.78, 5) is 6.53. The van der Waals surface area contributed by atoms with Gasteiger partial charge in [0.15, 0.2) is 0 Å². The van der Waals surface area contributed by atoms with Gasteiger partial charge in [0.1, 0.15) is 23.7 Å². The van der Waals surface area contributed by atoms with Crippen LogP contribution in [0.5, 0.6) is 5.75 Å². The van der Waals surface area contributed by atoms with Crippen LogP contribution in [0.1, 0.15) is 25.1 Å². The predicted molar refractivity (Wildman–Crippen MR) is 72.2 cm³/mol. The van der Waals surface area contributed by atoms with Crippen LogP contribution in [0.15, 0.2) is 18.3 Å². The van der Waals surface area contributed by atoms with Crippen LogP contribution in [0, 0.1) is 0 Å². The summed E-state index contributed by atoms with van der Waals surface area (Å²) < 4.78 is 10.9. The first-order valence-electron chi connectivity index (χ1n) is 6.77. The summed E-state index contributed by atoms with van der Waals surface area (Å²) in [6.07, 6.45) is 1.77. The Kier molecular flexibility index (Phi) is 5.13. The molecule has 5 nitrogen and oxygen atoms in total. The van der Waals surface area contributed by atoms with E-state index < -0.39 is 6.10 Å². The fraction of sp³-hybridized carbons (Fsp3) is 0.643. The number of rotatable bonds is 5. The SMILES string of the molecule is CCCN1CCOC(C(O)c2ncccc2OC)C1. The van der Waals surface area contributed by atoms with Gasteiger partial charge in [-0.25, -0.2) is 0 Å². The largest absolute Gasteiger partial charge is 0.495 e. The molecule has 1 saturated heterocycles. The normalized spacial score (nSPS) is 22.2. The lowest BCUT2D eigenvalue weighted by Gasteiger charge is -2.35. The minimum absolute atomic E-state index is 0.246. The Hall–Kier alpha value is -1.17. The highest BCUT2D eigenvalue weighted by atomic mass is 16.5. The number of ether oxygens (including phenoxy) is 2. The number of pyridine rings is 1. The summed E-state index contributed by atoms with van der Waals surface area (Å²) in [5.41, 5.74) is 0.549. The summed E-state index contributed by atoms with van der Waals surface area (Å²) in [5, 5.41) is 10.4. The molecular weight excluding hydrogens is 244 g/mol. The van der Waals surface area contributed by atoms with Crippen LogP contribution >= 0.6 is 0 Å². The topological polar surface area (TPSA) is 54.8 Å². The first kappa shape index (κ1) is 14.2. The first-order valence-corrected chi connectivity index (χ1v) is 6.77. The molecule has 0 radical (unpaired) electrons. The van der Waals surface area contributed by atoms with Gasteiger partial charge in [0.2, 0.25) is 0 Å². The van der Waals surface area contributed by atoms with Gasteiger partial charge in [-0.15, -0.1) is 0 Å². The highest BCUT2D eigenvalue weighted by molar-refractivity contribution is 5.29. The molecule has 1 aromatic rings. The van der Waals surface area contributed by atoms with E-state index in [0.29, 0.717) is 18.1 Å². The van der Waals surface area contributed by atoms with Gasteiger partial charge in [0, 0.05) is 19.3 Å². The zero-order valence-electron chi connectivity index (χ0n) is 11.6. The third-order valence-electron chi connectivity index (χ3n) is 3.37. The smallest absolute Gasteiger partial charge is 0.143 e. The lowest BCUT2D eigenvalue weighted by atomic mass is 10.1. The van der Waals surface area contributed by atoms with Crippen LogP contribution in [-0.2, 0) is 4.74 Å². The van der Waals surface area contributed by atoms with Gasteiger partial charge in [-0.2, -0.15) is 0 Å². The number of hydrogen-bond donors (Lipinski definition) is 1. The molecule has 0 amide bonds. The molecule has 0 aliphatic carbocycles. The van der Waals surface area contributed by atoms with Crippen LogP contribution in [0.4, 0.5) is 0 Å². The zero-order valence-corrected chi connectivity index (χ0v) is 11.6. The van der Waals surface area contributed by atoms with Gasteiger partial charge in [-0.3, -0.25) is 9.88 Å². The molecule has 2 heterocycles. The monoisotopic (exact) mass is 266 g/mol. The molecule has 1 N–H and O–H groups in total. The van der Waals surface area contributed by atoms with Gasteiger partial charge in [0.05, 0.1) is 13.7 Å². The molecule has 2 unspecified atom stereocenters. The van der Waals surface area contributed by atoms with E-state index in [1.807, 2.05) is 0 Å². The Balaban J connectivity index is 2.07. The molecule has 0 aromatic carbocycles. The lowest BCUT2D eigenvalue weighted by Crippen LogP contribution is -2.45. The van der Waals surface area contributed by atoms with E-state index >= 15 is 0 Å². The molecule has 0 spiro atoms. The molecule has 1 aliphatic heterocycles. The highest BCUT2D eigenvalue weighted by Gasteiger charge is 2.30. The second-order valence-corrected chi connectivity index (χ2v) is 4.75. The van der Waals surface area contributed by atoms with Crippen molar-refractivity contribution in [3.8, 4) is 5.75 Å². The van der Waals surface area contributed by atoms with Crippen LogP contribution in [-0.4, -0.2) is 54.4 Å². The molecule has 5 heteroatoms. The van der Waals surface area contributed by atoms with Crippen molar-refractivity contribution in [2.24, 2.45) is 0 Å². The first-order chi connectivity index (χ1) is 9.26. The van der Waals surface area contributed by atoms with Gasteiger partial charge in [-0.05, 0) is 25.1 Å². The summed E-state index contributed by atoms with van der Waals surface area (Å²) in [6, 6.07) is 3.60. The third kappa shape index (κ3) is 3.43. The maximum atomic E-state index is 10.4. The molecule has 0 bridgehead atoms. The van der Waals surface area contributed by atoms with Crippen LogP contribution in [0.3, 0.4) is 0 Å². The number of aliphatic hydroxyl groups excluding tert-OH is 1. The number of aliphatic hydroxyl groups is 1. The fourth-order valence-electron chi connectivity index (χ4n) is 2.42. The van der Waals surface area contributed by atoms with E-state index in [9.17, 15) is 5.11 Å². The van der Waals surface area contributed by atoms with Gasteiger partial charge in [0.25, 0.3) is 0 Å². The molecule has 2 atom stereocenters. The molecule has 19 heavy (non-hydrogen) atoms. The minimum Gasteiger partial charge on any atom is -0.495 e. The number of morpholine rings is 1. The van der Waals surface area contributed by atoms with Crippen molar-refractivity contribution in [2.75, 3.05) is 33.4 Å². The number of aromatic nitrogens is 1. The fourth-order valence-corrected chi connectivity index (χ4v) is 2.42. The van der Waals surface area contributed by atoms with Gasteiger partial charge < -0.3 is 14.6 Å². The molecule has 1 aromatic heterocycles. The van der Waals surface area contributed by atoms with Crippen molar-refractivity contribution in [3.05, 3.63) is 24.0 Å². The second kappa shape index (κ2) is 6.84. The van der Waals surface area contributed by atoms with E-state index in [1.54, 1.807) is 25.4 Å². The van der Waals surface area contributed by atoms with Gasteiger partial charge in [-0.1, -0.05) is 6.92 Å². The minimum atomic E-state index is -0.754. The Labute approximate surface area is 114 Å². The predicted octanol–water partition coefficient (Wildman–Crippen LogP) is 1.23. The Morgan fingerprint density at radius 1 is 1.63 bits per heavy atom. The molecular formula is C14H22N2O3. The van der Waals surface area contributed by atoms with Crippen LogP contribution < -0.4 is 4.74 Å². The highest BCUT2D eigenvalue weighted by Crippen LogP contribution is 2.27. The van der Waals surface area contributed by atoms with Crippen LogP contribution in [0.2, 0.25) is 0 Å². The molecule has 1 aliphatic rings. The van der Waals surface area contributed by atoms with Crippen LogP contribution in [0.25, 0.3) is 0 Å². The molecule has 2 rings (SSSR count). The number of hydrogen-bond acceptors (Lipinski definition) is 5. The van der Waals surface area contributed by atoms with Gasteiger partial charge >= 0.3 is 0 Å². The lowest BCUT2D eigenvalue weighted by molar-refractivity contribution is -0.0915. The van der Waals surface area contributed by atoms with E-state index in [2.05, 4.69) is 16.8 Å². The van der Waals surface area contributed by atoms with E-state index in [0.717, 1.165) is 26.1 Å². The van der Waals surface area contributed by atoms with E-state index in [-0.39, 0.29) is 6.10 Å². The molecule has 0 saturated carbocycles. The summed E-state index contributed by atoms with van der Waals surface area (Å²) >= 11 is 0. The molecule has 1 fully saturated rings. The van der Waals surface area contributed by atoms with E-state index in [1.165, 1.54) is 0 Å². The Bertz CT molecular complexity index is 398. The average molecular weight is 266 g/mol. The summed E-state index contributed by atoms with van der Waals surface area (Å²) in [7, 11) is 1.58. The van der Waals surface area contributed by atoms with Crippen molar-refractivity contribution in [2.45, 2.75) is 25.6 Å². The van der Waals surface area contributed by atoms with E-state index in [4.69, 9.17) is 9.47 Å². The Morgan fingerprint density at radius 3 is 3.21 bits per heavy atom. The number of methoxy groups -OCH3 is 1. The van der Waals surface area contributed by atoms with Crippen molar-refractivity contribution < 1.29 is 14.6 Å². The standard InChI is InChI=1S/C14H22N2O3/c1-3-7-16-8-9-19-12(10-16)14(17)13-11(18-2)5-4-6-15-13/h4-6,12,14,17H,3,7-10H2,1-2H3. The third-order valence-corrected chi connectivity index (χ3v) is 3.37. The van der Waals surface area contributed by atoms with Crippen molar-refractivity contribution in [1.82, 2.24) is 9.88 Å².